The third kappa shape index (κ3) is 2.32. The number of rotatable bonds is 2. The maximum atomic E-state index is 6.20. The first kappa shape index (κ1) is 13.5. The Morgan fingerprint density at radius 2 is 1.95 bits per heavy atom. The Morgan fingerprint density at radius 3 is 2.58 bits per heavy atom. The average molecular weight is 301 g/mol. The molecule has 1 aromatic heterocycles. The molecular formula is C14H18Cl2N2O. The third-order valence-corrected chi connectivity index (χ3v) is 5.01. The Morgan fingerprint density at radius 1 is 1.21 bits per heavy atom. The fraction of sp³-hybridized carbons (Fsp3) is 0.643. The van der Waals surface area contributed by atoms with Crippen molar-refractivity contribution in [1.82, 2.24) is 9.88 Å². The zero-order chi connectivity index (χ0) is 12.1. The van der Waals surface area contributed by atoms with Crippen molar-refractivity contribution < 1.29 is 4.74 Å². The van der Waals surface area contributed by atoms with Crippen LogP contribution >= 0.6 is 24.0 Å². The molecule has 2 atom stereocenters. The highest BCUT2D eigenvalue weighted by Crippen LogP contribution is 2.45. The van der Waals surface area contributed by atoms with Gasteiger partial charge in [0.05, 0.1) is 11.2 Å². The van der Waals surface area contributed by atoms with Gasteiger partial charge >= 0.3 is 0 Å². The molecule has 4 bridgehead atoms. The van der Waals surface area contributed by atoms with Crippen LogP contribution in [0.2, 0.25) is 5.02 Å². The van der Waals surface area contributed by atoms with E-state index in [1.807, 2.05) is 0 Å². The Balaban J connectivity index is 0.00000110. The molecule has 0 amide bonds. The summed E-state index contributed by atoms with van der Waals surface area (Å²) in [6.45, 7) is 3.72. The van der Waals surface area contributed by atoms with E-state index in [0.29, 0.717) is 23.0 Å². The van der Waals surface area contributed by atoms with Gasteiger partial charge < -0.3 is 9.64 Å². The summed E-state index contributed by atoms with van der Waals surface area (Å²) in [6, 6.07) is 1.80. The topological polar surface area (TPSA) is 25.4 Å². The molecule has 5 rings (SSSR count). The number of pyridine rings is 1. The largest absolute Gasteiger partial charge is 0.487 e. The summed E-state index contributed by atoms with van der Waals surface area (Å²) >= 11 is 6.16. The van der Waals surface area contributed by atoms with E-state index in [4.69, 9.17) is 16.3 Å². The van der Waals surface area contributed by atoms with Crippen LogP contribution in [0.25, 0.3) is 0 Å². The van der Waals surface area contributed by atoms with Crippen LogP contribution in [0.15, 0.2) is 18.5 Å². The summed E-state index contributed by atoms with van der Waals surface area (Å²) in [5.74, 6) is 3.04. The van der Waals surface area contributed by atoms with E-state index in [9.17, 15) is 0 Å². The molecule has 3 aliphatic heterocycles. The first-order valence-electron chi connectivity index (χ1n) is 6.78. The first-order chi connectivity index (χ1) is 8.79. The molecule has 4 aliphatic rings. The van der Waals surface area contributed by atoms with Crippen molar-refractivity contribution in [1.29, 1.82) is 0 Å². The van der Waals surface area contributed by atoms with Crippen LogP contribution in [0, 0.1) is 17.8 Å². The number of hydrogen-bond donors (Lipinski definition) is 0. The molecule has 0 unspecified atom stereocenters. The zero-order valence-corrected chi connectivity index (χ0v) is 12.2. The van der Waals surface area contributed by atoms with E-state index in [1.165, 1.54) is 32.5 Å². The van der Waals surface area contributed by atoms with Gasteiger partial charge in [0.25, 0.3) is 0 Å². The lowest BCUT2D eigenvalue weighted by atomic mass is 9.66. The van der Waals surface area contributed by atoms with Crippen LogP contribution < -0.4 is 4.74 Å². The van der Waals surface area contributed by atoms with Crippen molar-refractivity contribution in [2.75, 3.05) is 19.6 Å². The van der Waals surface area contributed by atoms with Crippen LogP contribution in [-0.2, 0) is 0 Å². The van der Waals surface area contributed by atoms with Crippen LogP contribution in [0.1, 0.15) is 12.8 Å². The van der Waals surface area contributed by atoms with Crippen molar-refractivity contribution >= 4 is 24.0 Å². The summed E-state index contributed by atoms with van der Waals surface area (Å²) < 4.78 is 6.20. The molecular weight excluding hydrogens is 283 g/mol. The van der Waals surface area contributed by atoms with E-state index < -0.39 is 0 Å². The summed E-state index contributed by atoms with van der Waals surface area (Å²) in [5.41, 5.74) is 0. The summed E-state index contributed by atoms with van der Waals surface area (Å²) in [5, 5.41) is 0.680. The molecule has 19 heavy (non-hydrogen) atoms. The lowest BCUT2D eigenvalue weighted by molar-refractivity contribution is -0.0985. The molecule has 4 fully saturated rings. The third-order valence-electron chi connectivity index (χ3n) is 4.70. The molecule has 1 aromatic rings. The van der Waals surface area contributed by atoms with E-state index in [1.54, 1.807) is 18.5 Å². The van der Waals surface area contributed by atoms with Crippen molar-refractivity contribution in [3.63, 3.8) is 0 Å². The molecule has 104 valence electrons. The smallest absolute Gasteiger partial charge is 0.156 e. The minimum absolute atomic E-state index is 0. The molecule has 3 saturated heterocycles. The highest BCUT2D eigenvalue weighted by molar-refractivity contribution is 6.31. The van der Waals surface area contributed by atoms with Gasteiger partial charge in [0.2, 0.25) is 0 Å². The number of halogens is 2. The van der Waals surface area contributed by atoms with Crippen molar-refractivity contribution in [2.45, 2.75) is 18.9 Å². The maximum absolute atomic E-state index is 6.20. The molecule has 5 heteroatoms. The van der Waals surface area contributed by atoms with Crippen molar-refractivity contribution in [2.24, 2.45) is 17.8 Å². The van der Waals surface area contributed by atoms with E-state index in [2.05, 4.69) is 9.88 Å². The van der Waals surface area contributed by atoms with Gasteiger partial charge in [-0.15, -0.1) is 12.4 Å². The second-order valence-electron chi connectivity index (χ2n) is 5.96. The van der Waals surface area contributed by atoms with E-state index >= 15 is 0 Å². The number of ether oxygens (including phenoxy) is 1. The molecule has 0 radical (unpaired) electrons. The second-order valence-corrected chi connectivity index (χ2v) is 6.37. The summed E-state index contributed by atoms with van der Waals surface area (Å²) in [7, 11) is 0. The van der Waals surface area contributed by atoms with Gasteiger partial charge in [-0.05, 0) is 24.8 Å². The second kappa shape index (κ2) is 5.12. The normalized spacial score (nSPS) is 38.9. The number of aromatic nitrogens is 1. The quantitative estimate of drug-likeness (QED) is 0.840. The molecule has 1 saturated carbocycles. The first-order valence-corrected chi connectivity index (χ1v) is 7.16. The molecule has 0 N–H and O–H groups in total. The Hall–Kier alpha value is -0.510. The average Bonchev–Trinajstić information content (AvgIpc) is 2.35. The predicted molar refractivity (Wildman–Crippen MR) is 77.1 cm³/mol. The van der Waals surface area contributed by atoms with Gasteiger partial charge in [-0.25, -0.2) is 0 Å². The highest BCUT2D eigenvalue weighted by Gasteiger charge is 2.48. The van der Waals surface area contributed by atoms with Crippen LogP contribution in [0.3, 0.4) is 0 Å². The number of nitrogens with zero attached hydrogens (tertiary/aromatic N) is 2. The minimum atomic E-state index is 0. The fourth-order valence-electron chi connectivity index (χ4n) is 4.15. The van der Waals surface area contributed by atoms with Gasteiger partial charge in [-0.1, -0.05) is 11.6 Å². The van der Waals surface area contributed by atoms with Crippen LogP contribution in [-0.4, -0.2) is 35.6 Å². The highest BCUT2D eigenvalue weighted by atomic mass is 35.5. The monoisotopic (exact) mass is 300 g/mol. The van der Waals surface area contributed by atoms with Crippen LogP contribution in [0.4, 0.5) is 0 Å². The zero-order valence-electron chi connectivity index (χ0n) is 10.7. The van der Waals surface area contributed by atoms with Gasteiger partial charge in [0.15, 0.2) is 5.75 Å². The van der Waals surface area contributed by atoms with Crippen molar-refractivity contribution in [3.8, 4) is 5.75 Å². The lowest BCUT2D eigenvalue weighted by Gasteiger charge is -2.55. The molecule has 3 nitrogen and oxygen atoms in total. The number of hydrogen-bond acceptors (Lipinski definition) is 3. The SMILES string of the molecule is Cl.Clc1ccncc1OC1[C@H]2CC3C[C@H]1CN(C3)C2. The Kier molecular flexibility index (Phi) is 3.63. The molecule has 1 aliphatic carbocycles. The lowest BCUT2D eigenvalue weighted by Crippen LogP contribution is -2.61. The minimum Gasteiger partial charge on any atom is -0.487 e. The fourth-order valence-corrected chi connectivity index (χ4v) is 4.30. The standard InChI is InChI=1S/C14H17ClN2O.ClH/c15-12-1-2-16-5-13(12)18-14-10-3-9-4-11(14)8-17(6-9)7-10;/h1-2,5,9-11,14H,3-4,6-8H2;1H/t9?,10-,11-,14?;/m0./s1. The molecule has 0 spiro atoms. The van der Waals surface area contributed by atoms with Crippen LogP contribution in [0.5, 0.6) is 5.75 Å². The van der Waals surface area contributed by atoms with E-state index in [0.717, 1.165) is 11.7 Å². The Bertz CT molecular complexity index is 441. The van der Waals surface area contributed by atoms with Gasteiger partial charge in [-0.2, -0.15) is 0 Å². The van der Waals surface area contributed by atoms with Gasteiger partial charge in [0, 0.05) is 37.7 Å². The maximum Gasteiger partial charge on any atom is 0.156 e. The van der Waals surface area contributed by atoms with E-state index in [-0.39, 0.29) is 12.4 Å². The summed E-state index contributed by atoms with van der Waals surface area (Å²) in [4.78, 5) is 6.72. The number of piperidine rings is 3. The van der Waals surface area contributed by atoms with Gasteiger partial charge in [-0.3, -0.25) is 4.98 Å². The predicted octanol–water partition coefficient (Wildman–Crippen LogP) is 2.88. The van der Waals surface area contributed by atoms with Gasteiger partial charge in [0.1, 0.15) is 6.10 Å². The van der Waals surface area contributed by atoms with Crippen molar-refractivity contribution in [3.05, 3.63) is 23.5 Å². The molecule has 4 heterocycles. The molecule has 0 aromatic carbocycles. The summed E-state index contributed by atoms with van der Waals surface area (Å²) in [6.07, 6.45) is 6.45. The Labute approximate surface area is 124 Å².